The minimum Gasteiger partial charge on any atom is -0.494 e. The van der Waals surface area contributed by atoms with Gasteiger partial charge in [0.1, 0.15) is 18.4 Å². The molecule has 0 aliphatic carbocycles. The number of hydrogen-bond donors (Lipinski definition) is 1. The Hall–Kier alpha value is -6.61. The number of hydrogen-bond acceptors (Lipinski definition) is 10. The van der Waals surface area contributed by atoms with Crippen molar-refractivity contribution in [3.8, 4) is 22.6 Å². The Morgan fingerprint density at radius 3 is 2.42 bits per heavy atom. The monoisotopic (exact) mass is 750 g/mol. The number of likely N-dealkylation sites (N-methyl/N-ethyl adjacent to an activating group) is 1. The Balaban J connectivity index is 1.31. The van der Waals surface area contributed by atoms with E-state index in [0.29, 0.717) is 51.8 Å². The van der Waals surface area contributed by atoms with E-state index in [2.05, 4.69) is 20.3 Å². The number of allylic oxidation sites excluding steroid dienone is 1. The van der Waals surface area contributed by atoms with Gasteiger partial charge in [0.15, 0.2) is 28.9 Å². The summed E-state index contributed by atoms with van der Waals surface area (Å²) in [4.78, 5) is 51.1. The molecule has 5 aromatic rings. The second-order valence-electron chi connectivity index (χ2n) is 13.5. The van der Waals surface area contributed by atoms with Gasteiger partial charge in [-0.1, -0.05) is 47.5 Å². The van der Waals surface area contributed by atoms with E-state index in [9.17, 15) is 19.7 Å². The number of aromatic nitrogens is 3. The topological polar surface area (TPSA) is 151 Å². The molecule has 0 spiro atoms. The maximum Gasteiger partial charge on any atom is 0.368 e. The number of ether oxygens (including phenoxy) is 2. The summed E-state index contributed by atoms with van der Waals surface area (Å²) in [6, 6.07) is 18.7. The first-order valence-electron chi connectivity index (χ1n) is 17.2. The molecular weight excluding hydrogens is 712 g/mol. The summed E-state index contributed by atoms with van der Waals surface area (Å²) in [5.74, 6) is -2.86. The molecule has 13 nitrogen and oxygen atoms in total. The molecule has 2 aromatic heterocycles. The zero-order chi connectivity index (χ0) is 39.3. The molecule has 282 valence electrons. The van der Waals surface area contributed by atoms with Crippen LogP contribution in [0.5, 0.6) is 11.5 Å². The number of nitrogens with zero attached hydrogens (tertiary/aromatic N) is 6. The standard InChI is InChI=1S/C40H37F2N7O6/c1-49(2,24-27-15-16-43-37(27)48(52)53)17-9-14-30(50)19-25-10-8-11-26(18-25)23-47-38-28(22-44-40(46-38)45-29-12-6-5-7-13-29)20-31(39(47)51)34-35(41)32(54-3)21-33(55-4)36(34)42/h5-14,16,18,20-22H,15,17,19,23-24H2,1-4H3/p+1/b14-9+. The van der Waals surface area contributed by atoms with Crippen molar-refractivity contribution >= 4 is 34.7 Å². The zero-order valence-electron chi connectivity index (χ0n) is 30.6. The third kappa shape index (κ3) is 8.63. The van der Waals surface area contributed by atoms with E-state index in [-0.39, 0.29) is 53.2 Å². The molecule has 0 saturated carbocycles. The van der Waals surface area contributed by atoms with Gasteiger partial charge in [0.2, 0.25) is 5.95 Å². The molecule has 0 amide bonds. The molecule has 6 rings (SSSR count). The number of carbonyl (C=O) groups excluding carboxylic acids is 1. The molecule has 1 aliphatic rings. The summed E-state index contributed by atoms with van der Waals surface area (Å²) in [6.07, 6.45) is 6.71. The van der Waals surface area contributed by atoms with Gasteiger partial charge in [0, 0.05) is 36.2 Å². The smallest absolute Gasteiger partial charge is 0.368 e. The highest BCUT2D eigenvalue weighted by Crippen LogP contribution is 2.37. The van der Waals surface area contributed by atoms with Gasteiger partial charge in [-0.3, -0.25) is 14.2 Å². The average Bonchev–Trinajstić information content (AvgIpc) is 3.62. The van der Waals surface area contributed by atoms with Gasteiger partial charge in [0.05, 0.1) is 58.1 Å². The molecule has 0 fully saturated rings. The van der Waals surface area contributed by atoms with Crippen LogP contribution in [0.25, 0.3) is 22.2 Å². The van der Waals surface area contributed by atoms with Crippen molar-refractivity contribution in [2.24, 2.45) is 4.99 Å². The van der Waals surface area contributed by atoms with Gasteiger partial charge < -0.3 is 29.4 Å². The Morgan fingerprint density at radius 1 is 1.02 bits per heavy atom. The number of pyridine rings is 1. The molecule has 3 heterocycles. The van der Waals surface area contributed by atoms with Crippen molar-refractivity contribution < 1.29 is 32.5 Å². The van der Waals surface area contributed by atoms with E-state index >= 15 is 8.78 Å². The molecule has 15 heteroatoms. The fraction of sp³-hybridized carbons (Fsp3) is 0.225. The number of nitrogens with one attached hydrogen (secondary N) is 1. The van der Waals surface area contributed by atoms with Crippen LogP contribution in [-0.2, 0) is 17.8 Å². The Labute approximate surface area is 314 Å². The first kappa shape index (κ1) is 38.1. The second-order valence-corrected chi connectivity index (χ2v) is 13.5. The van der Waals surface area contributed by atoms with Gasteiger partial charge in [0.25, 0.3) is 5.56 Å². The Morgan fingerprint density at radius 2 is 1.73 bits per heavy atom. The number of aliphatic imine (C=N–C) groups is 1. The molecule has 0 atom stereocenters. The molecule has 0 bridgehead atoms. The van der Waals surface area contributed by atoms with Crippen LogP contribution in [0.1, 0.15) is 17.5 Å². The third-order valence-electron chi connectivity index (χ3n) is 8.97. The Bertz CT molecular complexity index is 2420. The van der Waals surface area contributed by atoms with Gasteiger partial charge in [-0.25, -0.2) is 13.8 Å². The van der Waals surface area contributed by atoms with Crippen LogP contribution in [0.4, 0.5) is 20.4 Å². The summed E-state index contributed by atoms with van der Waals surface area (Å²) < 4.78 is 43.5. The van der Waals surface area contributed by atoms with Crippen molar-refractivity contribution in [3.63, 3.8) is 0 Å². The van der Waals surface area contributed by atoms with Crippen LogP contribution in [0.15, 0.2) is 106 Å². The van der Waals surface area contributed by atoms with Gasteiger partial charge in [-0.15, -0.1) is 0 Å². The van der Waals surface area contributed by atoms with E-state index in [1.165, 1.54) is 43.3 Å². The molecule has 0 unspecified atom stereocenters. The number of benzene rings is 3. The largest absolute Gasteiger partial charge is 0.494 e. The molecular formula is C40H38F2N7O6+. The number of anilines is 2. The number of nitro groups is 1. The van der Waals surface area contributed by atoms with Crippen LogP contribution in [0.3, 0.4) is 0 Å². The summed E-state index contributed by atoms with van der Waals surface area (Å²) in [5, 5.41) is 14.7. The van der Waals surface area contributed by atoms with E-state index in [1.807, 2.05) is 44.4 Å². The summed E-state index contributed by atoms with van der Waals surface area (Å²) in [5.41, 5.74) is 1.19. The zero-order valence-corrected chi connectivity index (χ0v) is 30.6. The van der Waals surface area contributed by atoms with E-state index in [0.717, 1.165) is 6.07 Å². The first-order valence-corrected chi connectivity index (χ1v) is 17.2. The SMILES string of the molecule is COc1cc(OC)c(F)c(-c2cc3cnc(Nc4ccccc4)nc3n(Cc3cccc(CC(=O)/C=C/C[N+](C)(C)CC4=C([N+](=O)[O-])N=CC4)c3)c2=O)c1F. The molecule has 0 saturated heterocycles. The number of ketones is 1. The lowest BCUT2D eigenvalue weighted by Crippen LogP contribution is -2.41. The third-order valence-corrected chi connectivity index (χ3v) is 8.97. The predicted octanol–water partition coefficient (Wildman–Crippen LogP) is 6.25. The fourth-order valence-electron chi connectivity index (χ4n) is 6.39. The molecule has 1 aliphatic heterocycles. The molecule has 0 radical (unpaired) electrons. The molecule has 3 aromatic carbocycles. The van der Waals surface area contributed by atoms with Crippen molar-refractivity contribution in [1.29, 1.82) is 0 Å². The quantitative estimate of drug-likeness (QED) is 0.0567. The van der Waals surface area contributed by atoms with Crippen molar-refractivity contribution in [2.75, 3.05) is 46.7 Å². The van der Waals surface area contributed by atoms with Gasteiger partial charge in [-0.2, -0.15) is 4.98 Å². The number of carbonyl (C=O) groups is 1. The number of quaternary nitrogens is 1. The minimum absolute atomic E-state index is 0.0608. The van der Waals surface area contributed by atoms with Crippen molar-refractivity contribution in [3.05, 3.63) is 140 Å². The number of methoxy groups -OCH3 is 2. The van der Waals surface area contributed by atoms with Crippen molar-refractivity contribution in [1.82, 2.24) is 14.5 Å². The van der Waals surface area contributed by atoms with Crippen LogP contribution in [0.2, 0.25) is 0 Å². The van der Waals surface area contributed by atoms with Gasteiger partial charge in [-0.05, 0) is 46.4 Å². The number of para-hydroxylation sites is 1. The normalized spacial score (nSPS) is 12.8. The van der Waals surface area contributed by atoms with Gasteiger partial charge >= 0.3 is 5.82 Å². The lowest BCUT2D eigenvalue weighted by Gasteiger charge is -2.28. The number of halogens is 2. The van der Waals surface area contributed by atoms with E-state index in [1.54, 1.807) is 30.3 Å². The van der Waals surface area contributed by atoms with E-state index < -0.39 is 27.7 Å². The maximum absolute atomic E-state index is 15.8. The first-order chi connectivity index (χ1) is 26.4. The van der Waals surface area contributed by atoms with E-state index in [4.69, 9.17) is 9.47 Å². The van der Waals surface area contributed by atoms with Crippen LogP contribution < -0.4 is 20.3 Å². The maximum atomic E-state index is 15.8. The fourth-order valence-corrected chi connectivity index (χ4v) is 6.39. The number of rotatable bonds is 15. The lowest BCUT2D eigenvalue weighted by molar-refractivity contribution is -0.880. The minimum atomic E-state index is -1.08. The predicted molar refractivity (Wildman–Crippen MR) is 204 cm³/mol. The molecule has 1 N–H and O–H groups in total. The van der Waals surface area contributed by atoms with Crippen LogP contribution in [0, 0.1) is 21.7 Å². The van der Waals surface area contributed by atoms with Crippen LogP contribution >= 0.6 is 0 Å². The summed E-state index contributed by atoms with van der Waals surface area (Å²) in [7, 11) is 6.28. The van der Waals surface area contributed by atoms with Crippen molar-refractivity contribution in [2.45, 2.75) is 19.4 Å². The summed E-state index contributed by atoms with van der Waals surface area (Å²) in [6.45, 7) is 0.798. The number of fused-ring (bicyclic) bond motifs is 1. The second kappa shape index (κ2) is 16.2. The summed E-state index contributed by atoms with van der Waals surface area (Å²) >= 11 is 0. The molecule has 55 heavy (non-hydrogen) atoms. The highest BCUT2D eigenvalue weighted by molar-refractivity contribution is 5.91. The highest BCUT2D eigenvalue weighted by atomic mass is 19.1. The highest BCUT2D eigenvalue weighted by Gasteiger charge is 2.29. The average molecular weight is 751 g/mol. The van der Waals surface area contributed by atoms with Crippen LogP contribution in [-0.4, -0.2) is 77.3 Å². The Kier molecular flexibility index (Phi) is 11.2. The lowest BCUT2D eigenvalue weighted by atomic mass is 10.0.